The zero-order valence-corrected chi connectivity index (χ0v) is 17.6. The number of sulfonamides is 1. The van der Waals surface area contributed by atoms with Crippen LogP contribution in [0.25, 0.3) is 0 Å². The second kappa shape index (κ2) is 11.2. The van der Waals surface area contributed by atoms with Crippen LogP contribution >= 0.6 is 0 Å². The van der Waals surface area contributed by atoms with E-state index >= 15 is 0 Å². The fraction of sp³-hybridized carbons (Fsp3) is 0.632. The Labute approximate surface area is 159 Å². The number of guanidine groups is 1. The first-order valence-electron chi connectivity index (χ1n) is 9.30. The predicted octanol–water partition coefficient (Wildman–Crippen LogP) is 2.96. The maximum absolute atomic E-state index is 12.1. The number of benzene rings is 1. The minimum absolute atomic E-state index is 0.300. The quantitative estimate of drug-likeness (QED) is 0.371. The Balaban J connectivity index is 2.51. The SMILES string of the molecule is CCCCCCC(C)NC(=NC)NCc1ccc(S(=O)(=O)N(C)C)cc1. The van der Waals surface area contributed by atoms with E-state index in [1.807, 2.05) is 12.1 Å². The van der Waals surface area contributed by atoms with E-state index in [1.165, 1.54) is 44.1 Å². The molecule has 0 spiro atoms. The third kappa shape index (κ3) is 7.33. The number of nitrogens with zero attached hydrogens (tertiary/aromatic N) is 2. The van der Waals surface area contributed by atoms with Gasteiger partial charge < -0.3 is 10.6 Å². The average Bonchev–Trinajstić information content (AvgIpc) is 2.62. The fourth-order valence-electron chi connectivity index (χ4n) is 2.55. The second-order valence-corrected chi connectivity index (χ2v) is 8.90. The van der Waals surface area contributed by atoms with Gasteiger partial charge in [0.05, 0.1) is 4.90 Å². The van der Waals surface area contributed by atoms with Gasteiger partial charge in [-0.1, -0.05) is 44.7 Å². The Morgan fingerprint density at radius 2 is 1.81 bits per heavy atom. The summed E-state index contributed by atoms with van der Waals surface area (Å²) in [6, 6.07) is 7.29. The van der Waals surface area contributed by atoms with E-state index in [0.29, 0.717) is 17.5 Å². The average molecular weight is 383 g/mol. The van der Waals surface area contributed by atoms with Crippen LogP contribution in [0.3, 0.4) is 0 Å². The summed E-state index contributed by atoms with van der Waals surface area (Å²) < 4.78 is 25.4. The largest absolute Gasteiger partial charge is 0.354 e. The highest BCUT2D eigenvalue weighted by Crippen LogP contribution is 2.14. The molecule has 6 nitrogen and oxygen atoms in total. The standard InChI is InChI=1S/C19H34N4O2S/c1-6-7-8-9-10-16(2)22-19(20-3)21-15-17-11-13-18(14-12-17)26(24,25)23(4)5/h11-14,16H,6-10,15H2,1-5H3,(H2,20,21,22). The van der Waals surface area contributed by atoms with Crippen LogP contribution < -0.4 is 10.6 Å². The zero-order chi connectivity index (χ0) is 19.6. The van der Waals surface area contributed by atoms with E-state index < -0.39 is 10.0 Å². The number of rotatable bonds is 10. The number of unbranched alkanes of at least 4 members (excludes halogenated alkanes) is 3. The van der Waals surface area contributed by atoms with E-state index in [-0.39, 0.29) is 0 Å². The molecule has 1 aromatic rings. The van der Waals surface area contributed by atoms with Crippen molar-refractivity contribution in [3.8, 4) is 0 Å². The van der Waals surface area contributed by atoms with E-state index in [1.54, 1.807) is 19.2 Å². The molecular weight excluding hydrogens is 348 g/mol. The highest BCUT2D eigenvalue weighted by atomic mass is 32.2. The van der Waals surface area contributed by atoms with E-state index in [2.05, 4.69) is 29.5 Å². The van der Waals surface area contributed by atoms with Crippen LogP contribution in [-0.4, -0.2) is 45.9 Å². The Bertz CT molecular complexity index is 655. The molecule has 1 atom stereocenters. The third-order valence-corrected chi connectivity index (χ3v) is 6.09. The lowest BCUT2D eigenvalue weighted by atomic mass is 10.1. The molecule has 0 aliphatic heterocycles. The molecule has 0 fully saturated rings. The first-order valence-corrected chi connectivity index (χ1v) is 10.7. The van der Waals surface area contributed by atoms with Crippen molar-refractivity contribution in [1.82, 2.24) is 14.9 Å². The second-order valence-electron chi connectivity index (χ2n) is 6.75. The molecule has 1 unspecified atom stereocenters. The first kappa shape index (κ1) is 22.4. The van der Waals surface area contributed by atoms with Crippen LogP contribution in [-0.2, 0) is 16.6 Å². The molecule has 0 heterocycles. The van der Waals surface area contributed by atoms with Gasteiger partial charge in [0.25, 0.3) is 0 Å². The van der Waals surface area contributed by atoms with Crippen LogP contribution in [0.2, 0.25) is 0 Å². The van der Waals surface area contributed by atoms with Gasteiger partial charge in [0.1, 0.15) is 0 Å². The van der Waals surface area contributed by atoms with E-state index in [4.69, 9.17) is 0 Å². The molecule has 7 heteroatoms. The Morgan fingerprint density at radius 1 is 1.15 bits per heavy atom. The van der Waals surface area contributed by atoms with Crippen molar-refractivity contribution < 1.29 is 8.42 Å². The lowest BCUT2D eigenvalue weighted by Gasteiger charge is -2.18. The van der Waals surface area contributed by atoms with E-state index in [0.717, 1.165) is 17.9 Å². The summed E-state index contributed by atoms with van der Waals surface area (Å²) in [5.74, 6) is 0.762. The van der Waals surface area contributed by atoms with Crippen LogP contribution in [0.5, 0.6) is 0 Å². The minimum atomic E-state index is -3.38. The van der Waals surface area contributed by atoms with Crippen molar-refractivity contribution in [1.29, 1.82) is 0 Å². The number of hydrogen-bond donors (Lipinski definition) is 2. The maximum atomic E-state index is 12.1. The minimum Gasteiger partial charge on any atom is -0.354 e. The van der Waals surface area contributed by atoms with Crippen molar-refractivity contribution in [3.05, 3.63) is 29.8 Å². The van der Waals surface area contributed by atoms with Crippen LogP contribution in [0.1, 0.15) is 51.5 Å². The Morgan fingerprint density at radius 3 is 2.35 bits per heavy atom. The van der Waals surface area contributed by atoms with Gasteiger partial charge in [0.15, 0.2) is 5.96 Å². The molecule has 1 rings (SSSR count). The van der Waals surface area contributed by atoms with Crippen molar-refractivity contribution in [2.75, 3.05) is 21.1 Å². The van der Waals surface area contributed by atoms with Gasteiger partial charge in [-0.05, 0) is 31.0 Å². The molecule has 0 bridgehead atoms. The third-order valence-electron chi connectivity index (χ3n) is 4.26. The molecule has 0 aliphatic carbocycles. The molecule has 0 saturated heterocycles. The summed E-state index contributed by atoms with van der Waals surface area (Å²) in [5, 5.41) is 6.68. The topological polar surface area (TPSA) is 73.8 Å². The van der Waals surface area contributed by atoms with Gasteiger partial charge in [0, 0.05) is 33.7 Å². The molecule has 0 aromatic heterocycles. The van der Waals surface area contributed by atoms with Gasteiger partial charge in [-0.3, -0.25) is 4.99 Å². The highest BCUT2D eigenvalue weighted by Gasteiger charge is 2.16. The summed E-state index contributed by atoms with van der Waals surface area (Å²) in [6.45, 7) is 4.97. The van der Waals surface area contributed by atoms with Crippen molar-refractivity contribution in [2.24, 2.45) is 4.99 Å². The molecular formula is C19H34N4O2S. The summed E-state index contributed by atoms with van der Waals surface area (Å²) in [7, 11) is 1.44. The summed E-state index contributed by atoms with van der Waals surface area (Å²) >= 11 is 0. The zero-order valence-electron chi connectivity index (χ0n) is 16.7. The molecule has 2 N–H and O–H groups in total. The van der Waals surface area contributed by atoms with Gasteiger partial charge in [-0.2, -0.15) is 0 Å². The lowest BCUT2D eigenvalue weighted by Crippen LogP contribution is -2.41. The monoisotopic (exact) mass is 382 g/mol. The van der Waals surface area contributed by atoms with Gasteiger partial charge in [-0.15, -0.1) is 0 Å². The normalized spacial score (nSPS) is 13.7. The van der Waals surface area contributed by atoms with Gasteiger partial charge in [0.2, 0.25) is 10.0 Å². The van der Waals surface area contributed by atoms with E-state index in [9.17, 15) is 8.42 Å². The van der Waals surface area contributed by atoms with Crippen LogP contribution in [0.15, 0.2) is 34.2 Å². The Kier molecular flexibility index (Phi) is 9.65. The van der Waals surface area contributed by atoms with Crippen molar-refractivity contribution >= 4 is 16.0 Å². The van der Waals surface area contributed by atoms with Gasteiger partial charge >= 0.3 is 0 Å². The number of hydrogen-bond acceptors (Lipinski definition) is 3. The fourth-order valence-corrected chi connectivity index (χ4v) is 3.46. The molecule has 0 aliphatic rings. The van der Waals surface area contributed by atoms with Crippen molar-refractivity contribution in [2.45, 2.75) is 63.4 Å². The highest BCUT2D eigenvalue weighted by molar-refractivity contribution is 7.89. The van der Waals surface area contributed by atoms with Crippen LogP contribution in [0.4, 0.5) is 0 Å². The molecule has 0 amide bonds. The summed E-state index contributed by atoms with van der Waals surface area (Å²) in [6.07, 6.45) is 6.16. The smallest absolute Gasteiger partial charge is 0.242 e. The predicted molar refractivity (Wildman–Crippen MR) is 109 cm³/mol. The Hall–Kier alpha value is -1.60. The first-order chi connectivity index (χ1) is 12.3. The molecule has 0 saturated carbocycles. The number of nitrogens with one attached hydrogen (secondary N) is 2. The van der Waals surface area contributed by atoms with Crippen LogP contribution in [0, 0.1) is 0 Å². The molecule has 26 heavy (non-hydrogen) atoms. The van der Waals surface area contributed by atoms with Crippen molar-refractivity contribution in [3.63, 3.8) is 0 Å². The molecule has 1 aromatic carbocycles. The van der Waals surface area contributed by atoms with Gasteiger partial charge in [-0.25, -0.2) is 12.7 Å². The molecule has 148 valence electrons. The summed E-state index contributed by atoms with van der Waals surface area (Å²) in [5.41, 5.74) is 1.00. The molecule has 0 radical (unpaired) electrons. The summed E-state index contributed by atoms with van der Waals surface area (Å²) in [4.78, 5) is 4.56. The maximum Gasteiger partial charge on any atom is 0.242 e. The number of aliphatic imine (C=N–C) groups is 1. The lowest BCUT2D eigenvalue weighted by molar-refractivity contribution is 0.520.